The molecule has 1 aliphatic rings. The molecule has 0 spiro atoms. The molecule has 1 rings (SSSR count). The van der Waals surface area contributed by atoms with Gasteiger partial charge in [0, 0.05) is 0 Å². The summed E-state index contributed by atoms with van der Waals surface area (Å²) in [4.78, 5) is 10.5. The molecule has 2 N–H and O–H groups in total. The van der Waals surface area contributed by atoms with Gasteiger partial charge in [-0.25, -0.2) is 0 Å². The smallest absolute Gasteiger partial charge is 0.306 e. The number of carboxylic acid groups (broad SMARTS) is 1. The highest BCUT2D eigenvalue weighted by Gasteiger charge is 2.31. The van der Waals surface area contributed by atoms with Crippen LogP contribution in [0.15, 0.2) is 0 Å². The molecule has 0 radical (unpaired) electrons. The number of halogens is 1. The second-order valence-corrected chi connectivity index (χ2v) is 3.49. The summed E-state index contributed by atoms with van der Waals surface area (Å²) in [6, 6.07) is 0. The van der Waals surface area contributed by atoms with Crippen LogP contribution < -0.4 is 0 Å². The number of carboxylic acids is 1. The lowest BCUT2D eigenvalue weighted by Gasteiger charge is -2.26. The lowest BCUT2D eigenvalue weighted by atomic mass is 9.87. The number of hydrogen-bond acceptors (Lipinski definition) is 2. The van der Waals surface area contributed by atoms with E-state index in [0.717, 1.165) is 0 Å². The van der Waals surface area contributed by atoms with E-state index in [2.05, 4.69) is 0 Å². The summed E-state index contributed by atoms with van der Waals surface area (Å²) in [5.41, 5.74) is 0. The second-order valence-electron chi connectivity index (χ2n) is 2.93. The van der Waals surface area contributed by atoms with Crippen LogP contribution in [-0.4, -0.2) is 27.7 Å². The van der Waals surface area contributed by atoms with Gasteiger partial charge >= 0.3 is 5.97 Å². The van der Waals surface area contributed by atoms with Gasteiger partial charge in [0.15, 0.2) is 0 Å². The summed E-state index contributed by atoms with van der Waals surface area (Å²) in [5, 5.41) is 17.4. The van der Waals surface area contributed by atoms with E-state index in [0.29, 0.717) is 19.3 Å². The Bertz CT molecular complexity index is 160. The predicted molar refractivity (Wildman–Crippen MR) is 40.6 cm³/mol. The fourth-order valence-electron chi connectivity index (χ4n) is 1.32. The molecule has 0 bridgehead atoms. The molecule has 64 valence electrons. The first-order valence-electron chi connectivity index (χ1n) is 3.66. The largest absolute Gasteiger partial charge is 0.481 e. The van der Waals surface area contributed by atoms with E-state index in [9.17, 15) is 4.79 Å². The molecule has 0 aliphatic heterocycles. The number of alkyl halides is 1. The molecule has 0 aromatic carbocycles. The standard InChI is InChI=1S/C7H11ClO3/c8-5-3-4(7(10)11)1-2-6(5)9/h4-6,9H,1-3H2,(H,10,11). The van der Waals surface area contributed by atoms with Crippen molar-refractivity contribution in [3.63, 3.8) is 0 Å². The van der Waals surface area contributed by atoms with Crippen molar-refractivity contribution < 1.29 is 15.0 Å². The maximum absolute atomic E-state index is 10.5. The quantitative estimate of drug-likeness (QED) is 0.585. The van der Waals surface area contributed by atoms with E-state index < -0.39 is 12.1 Å². The summed E-state index contributed by atoms with van der Waals surface area (Å²) in [5.74, 6) is -1.16. The highest BCUT2D eigenvalue weighted by molar-refractivity contribution is 6.21. The molecule has 3 atom stereocenters. The SMILES string of the molecule is O=C(O)C1CCC(O)C(Cl)C1. The normalized spacial score (nSPS) is 38.5. The minimum absolute atomic E-state index is 0.360. The van der Waals surface area contributed by atoms with Gasteiger partial charge in [-0.1, -0.05) is 0 Å². The molecule has 4 heteroatoms. The molecule has 11 heavy (non-hydrogen) atoms. The topological polar surface area (TPSA) is 57.5 Å². The van der Waals surface area contributed by atoms with Crippen molar-refractivity contribution in [2.75, 3.05) is 0 Å². The third-order valence-electron chi connectivity index (χ3n) is 2.09. The van der Waals surface area contributed by atoms with E-state index in [-0.39, 0.29) is 11.3 Å². The first-order valence-corrected chi connectivity index (χ1v) is 4.10. The summed E-state index contributed by atoms with van der Waals surface area (Å²) in [6.07, 6.45) is 0.912. The first kappa shape index (κ1) is 8.81. The average molecular weight is 179 g/mol. The van der Waals surface area contributed by atoms with Crippen LogP contribution in [0.25, 0.3) is 0 Å². The van der Waals surface area contributed by atoms with Crippen LogP contribution in [0.5, 0.6) is 0 Å². The highest BCUT2D eigenvalue weighted by Crippen LogP contribution is 2.28. The zero-order valence-electron chi connectivity index (χ0n) is 6.03. The third-order valence-corrected chi connectivity index (χ3v) is 2.56. The highest BCUT2D eigenvalue weighted by atomic mass is 35.5. The summed E-state index contributed by atoms with van der Waals surface area (Å²) >= 11 is 5.69. The maximum atomic E-state index is 10.5. The van der Waals surface area contributed by atoms with Crippen molar-refractivity contribution in [1.82, 2.24) is 0 Å². The Labute approximate surface area is 70.0 Å². The van der Waals surface area contributed by atoms with Gasteiger partial charge in [0.1, 0.15) is 0 Å². The lowest BCUT2D eigenvalue weighted by Crippen LogP contribution is -2.32. The van der Waals surface area contributed by atoms with E-state index >= 15 is 0 Å². The second kappa shape index (κ2) is 3.41. The monoisotopic (exact) mass is 178 g/mol. The molecule has 3 nitrogen and oxygen atoms in total. The fraction of sp³-hybridized carbons (Fsp3) is 0.857. The molecule has 1 fully saturated rings. The average Bonchev–Trinajstić information content (AvgIpc) is 1.94. The van der Waals surface area contributed by atoms with Gasteiger partial charge in [0.2, 0.25) is 0 Å². The van der Waals surface area contributed by atoms with Crippen molar-refractivity contribution >= 4 is 17.6 Å². The summed E-state index contributed by atoms with van der Waals surface area (Å²) < 4.78 is 0. The Morgan fingerprint density at radius 3 is 2.55 bits per heavy atom. The van der Waals surface area contributed by atoms with Crippen molar-refractivity contribution in [1.29, 1.82) is 0 Å². The van der Waals surface area contributed by atoms with Crippen LogP contribution in [0, 0.1) is 5.92 Å². The Balaban J connectivity index is 2.46. The van der Waals surface area contributed by atoms with Crippen LogP contribution in [0.4, 0.5) is 0 Å². The molecule has 0 heterocycles. The molecule has 0 aromatic rings. The van der Waals surface area contributed by atoms with Gasteiger partial charge in [-0.3, -0.25) is 4.79 Å². The lowest BCUT2D eigenvalue weighted by molar-refractivity contribution is -0.143. The molecular formula is C7H11ClO3. The zero-order valence-corrected chi connectivity index (χ0v) is 6.79. The van der Waals surface area contributed by atoms with E-state index in [1.165, 1.54) is 0 Å². The predicted octanol–water partition coefficient (Wildman–Crippen LogP) is 0.839. The fourth-order valence-corrected chi connectivity index (χ4v) is 1.66. The number of aliphatic hydroxyl groups excluding tert-OH is 1. The zero-order chi connectivity index (χ0) is 8.43. The Morgan fingerprint density at radius 1 is 1.45 bits per heavy atom. The molecule has 1 aliphatic carbocycles. The van der Waals surface area contributed by atoms with Crippen LogP contribution in [0.2, 0.25) is 0 Å². The van der Waals surface area contributed by atoms with Gasteiger partial charge in [-0.05, 0) is 19.3 Å². The van der Waals surface area contributed by atoms with Crippen molar-refractivity contribution in [3.05, 3.63) is 0 Å². The van der Waals surface area contributed by atoms with E-state index in [1.807, 2.05) is 0 Å². The van der Waals surface area contributed by atoms with Crippen molar-refractivity contribution in [2.45, 2.75) is 30.7 Å². The third kappa shape index (κ3) is 2.07. The summed E-state index contributed by atoms with van der Waals surface area (Å²) in [7, 11) is 0. The van der Waals surface area contributed by atoms with Crippen molar-refractivity contribution in [2.24, 2.45) is 5.92 Å². The van der Waals surface area contributed by atoms with Crippen LogP contribution in [0.1, 0.15) is 19.3 Å². The number of aliphatic hydroxyl groups is 1. The van der Waals surface area contributed by atoms with Crippen LogP contribution in [-0.2, 0) is 4.79 Å². The Morgan fingerprint density at radius 2 is 2.09 bits per heavy atom. The molecule has 0 saturated heterocycles. The van der Waals surface area contributed by atoms with Crippen LogP contribution in [0.3, 0.4) is 0 Å². The van der Waals surface area contributed by atoms with Crippen LogP contribution >= 0.6 is 11.6 Å². The van der Waals surface area contributed by atoms with Gasteiger partial charge in [0.25, 0.3) is 0 Å². The number of aliphatic carboxylic acids is 1. The van der Waals surface area contributed by atoms with E-state index in [1.54, 1.807) is 0 Å². The molecule has 0 aromatic heterocycles. The Hall–Kier alpha value is -0.280. The van der Waals surface area contributed by atoms with Gasteiger partial charge in [-0.15, -0.1) is 11.6 Å². The minimum atomic E-state index is -0.803. The van der Waals surface area contributed by atoms with Crippen molar-refractivity contribution in [3.8, 4) is 0 Å². The number of hydrogen-bond donors (Lipinski definition) is 2. The molecule has 0 amide bonds. The number of rotatable bonds is 1. The van der Waals surface area contributed by atoms with E-state index in [4.69, 9.17) is 21.8 Å². The van der Waals surface area contributed by atoms with Gasteiger partial charge < -0.3 is 10.2 Å². The first-order chi connectivity index (χ1) is 5.11. The summed E-state index contributed by atoms with van der Waals surface area (Å²) in [6.45, 7) is 0. The maximum Gasteiger partial charge on any atom is 0.306 e. The minimum Gasteiger partial charge on any atom is -0.481 e. The van der Waals surface area contributed by atoms with Gasteiger partial charge in [0.05, 0.1) is 17.4 Å². The molecular weight excluding hydrogens is 168 g/mol. The van der Waals surface area contributed by atoms with Gasteiger partial charge in [-0.2, -0.15) is 0 Å². The number of carbonyl (C=O) groups is 1. The molecule has 1 saturated carbocycles. The molecule has 3 unspecified atom stereocenters. The Kier molecular flexibility index (Phi) is 2.73.